The molecule has 5 heteroatoms. The highest BCUT2D eigenvalue weighted by Gasteiger charge is 2.18. The minimum atomic E-state index is -0.728. The second-order valence-corrected chi connectivity index (χ2v) is 3.15. The lowest BCUT2D eigenvalue weighted by Gasteiger charge is -2.01. The Hall–Kier alpha value is -1.42. The van der Waals surface area contributed by atoms with E-state index in [9.17, 15) is 4.79 Å². The van der Waals surface area contributed by atoms with E-state index in [2.05, 4.69) is 9.85 Å². The Labute approximate surface area is 107 Å². The average molecular weight is 332 g/mol. The first kappa shape index (κ1) is 12.6. The number of halogens is 1. The summed E-state index contributed by atoms with van der Waals surface area (Å²) in [5, 5.41) is 0. The Balaban J connectivity index is 0.000000280. The molecule has 0 N–H and O–H groups in total. The van der Waals surface area contributed by atoms with Crippen molar-refractivity contribution in [1.82, 2.24) is 0 Å². The molecule has 0 aliphatic carbocycles. The van der Waals surface area contributed by atoms with Crippen LogP contribution in [0.5, 0.6) is 17.2 Å². The number of carbonyl (C=O) groups excluding carboxylic acids is 1. The van der Waals surface area contributed by atoms with Gasteiger partial charge in [-0.05, 0) is 23.0 Å². The first-order valence-corrected chi connectivity index (χ1v) is 5.39. The predicted octanol–water partition coefficient (Wildman–Crippen LogP) is 2.99. The van der Waals surface area contributed by atoms with E-state index in [4.69, 9.17) is 14.2 Å². The molecule has 2 aliphatic rings. The standard InChI is InChI=1S/C8H6O4.C3H3I/c1-10-7-4-5-2-3-6(7)12-8(9)11-5;1-2-3-4/h2-4H,1H3;1H3. The van der Waals surface area contributed by atoms with Crippen LogP contribution in [0.15, 0.2) is 18.2 Å². The van der Waals surface area contributed by atoms with Crippen molar-refractivity contribution in [3.05, 3.63) is 18.2 Å². The quantitative estimate of drug-likeness (QED) is 0.343. The minimum absolute atomic E-state index is 0.378. The van der Waals surface area contributed by atoms with Gasteiger partial charge < -0.3 is 14.2 Å². The SMILES string of the molecule is CC#CI.COc1cc2ccc1OC(=O)O2. The summed E-state index contributed by atoms with van der Waals surface area (Å²) in [6, 6.07) is 4.86. The second kappa shape index (κ2) is 6.23. The molecule has 0 unspecified atom stereocenters. The van der Waals surface area contributed by atoms with Crippen LogP contribution in [0.1, 0.15) is 6.92 Å². The first-order chi connectivity index (χ1) is 7.71. The van der Waals surface area contributed by atoms with E-state index in [1.54, 1.807) is 18.2 Å². The maximum atomic E-state index is 10.8. The summed E-state index contributed by atoms with van der Waals surface area (Å²) in [5.41, 5.74) is 0. The van der Waals surface area contributed by atoms with Crippen LogP contribution in [-0.2, 0) is 0 Å². The third kappa shape index (κ3) is 3.31. The van der Waals surface area contributed by atoms with E-state index in [0.29, 0.717) is 17.2 Å². The van der Waals surface area contributed by atoms with E-state index < -0.39 is 6.16 Å². The number of methoxy groups -OCH3 is 1. The Kier molecular flexibility index (Phi) is 4.92. The van der Waals surface area contributed by atoms with Crippen LogP contribution >= 0.6 is 22.6 Å². The highest BCUT2D eigenvalue weighted by molar-refractivity contribution is 14.1. The van der Waals surface area contributed by atoms with Crippen molar-refractivity contribution in [3.63, 3.8) is 0 Å². The van der Waals surface area contributed by atoms with E-state index in [0.717, 1.165) is 0 Å². The number of hydrogen-bond donors (Lipinski definition) is 0. The van der Waals surface area contributed by atoms with Gasteiger partial charge in [0.05, 0.1) is 7.11 Å². The van der Waals surface area contributed by atoms with Crippen LogP contribution in [-0.4, -0.2) is 13.3 Å². The van der Waals surface area contributed by atoms with E-state index in [-0.39, 0.29) is 0 Å². The van der Waals surface area contributed by atoms with Gasteiger partial charge in [-0.3, -0.25) is 0 Å². The number of ether oxygens (including phenoxy) is 3. The van der Waals surface area contributed by atoms with E-state index >= 15 is 0 Å². The molecule has 0 fully saturated rings. The maximum absolute atomic E-state index is 10.8. The molecule has 1 aromatic rings. The third-order valence-corrected chi connectivity index (χ3v) is 2.16. The average Bonchev–Trinajstić information content (AvgIpc) is 2.57. The number of rotatable bonds is 1. The Morgan fingerprint density at radius 2 is 2.06 bits per heavy atom. The van der Waals surface area contributed by atoms with Crippen molar-refractivity contribution < 1.29 is 19.0 Å². The van der Waals surface area contributed by atoms with Crippen molar-refractivity contribution >= 4 is 28.7 Å². The fourth-order valence-electron chi connectivity index (χ4n) is 1.00. The van der Waals surface area contributed by atoms with Gasteiger partial charge in [-0.15, -0.1) is 0 Å². The highest BCUT2D eigenvalue weighted by Crippen LogP contribution is 2.34. The van der Waals surface area contributed by atoms with Gasteiger partial charge in [-0.25, -0.2) is 4.79 Å². The number of hydrogen-bond acceptors (Lipinski definition) is 4. The van der Waals surface area contributed by atoms with Gasteiger partial charge in [0.2, 0.25) is 0 Å². The Bertz CT molecular complexity index is 439. The van der Waals surface area contributed by atoms with Gasteiger partial charge >= 0.3 is 6.16 Å². The molecular formula is C11H9IO4. The lowest BCUT2D eigenvalue weighted by atomic mass is 10.3. The van der Waals surface area contributed by atoms with Crippen molar-refractivity contribution in [3.8, 4) is 27.1 Å². The number of benzene rings is 1. The molecule has 0 saturated heterocycles. The molecule has 0 aromatic heterocycles. The zero-order chi connectivity index (χ0) is 12.0. The molecule has 0 radical (unpaired) electrons. The van der Waals surface area contributed by atoms with Crippen molar-refractivity contribution in [2.75, 3.05) is 7.11 Å². The monoisotopic (exact) mass is 332 g/mol. The van der Waals surface area contributed by atoms with Gasteiger partial charge in [-0.1, -0.05) is 5.92 Å². The van der Waals surface area contributed by atoms with Crippen molar-refractivity contribution in [2.45, 2.75) is 6.92 Å². The molecule has 4 nitrogen and oxygen atoms in total. The highest BCUT2D eigenvalue weighted by atomic mass is 127. The van der Waals surface area contributed by atoms with Crippen LogP contribution < -0.4 is 14.2 Å². The molecule has 0 spiro atoms. The molecule has 3 rings (SSSR count). The largest absolute Gasteiger partial charge is 0.519 e. The zero-order valence-corrected chi connectivity index (χ0v) is 10.9. The van der Waals surface area contributed by atoms with Crippen LogP contribution in [0, 0.1) is 9.85 Å². The molecule has 2 bridgehead atoms. The molecule has 84 valence electrons. The van der Waals surface area contributed by atoms with Gasteiger partial charge in [0.15, 0.2) is 11.5 Å². The van der Waals surface area contributed by atoms with Crippen LogP contribution in [0.2, 0.25) is 0 Å². The third-order valence-electron chi connectivity index (χ3n) is 1.62. The first-order valence-electron chi connectivity index (χ1n) is 4.31. The Morgan fingerprint density at radius 3 is 2.62 bits per heavy atom. The lowest BCUT2D eigenvalue weighted by molar-refractivity contribution is 0.154. The Morgan fingerprint density at radius 1 is 1.38 bits per heavy atom. The maximum Gasteiger partial charge on any atom is 0.519 e. The molecule has 2 heterocycles. The molecule has 1 aromatic carbocycles. The molecule has 2 aliphatic heterocycles. The van der Waals surface area contributed by atoms with Gasteiger partial charge in [-0.2, -0.15) is 0 Å². The number of fused-ring (bicyclic) bond motifs is 4. The second-order valence-electron chi connectivity index (χ2n) is 2.61. The van der Waals surface area contributed by atoms with E-state index in [1.807, 2.05) is 29.5 Å². The van der Waals surface area contributed by atoms with Gasteiger partial charge in [0.25, 0.3) is 0 Å². The molecule has 0 atom stereocenters. The summed E-state index contributed by atoms with van der Waals surface area (Å²) in [7, 11) is 1.50. The molecule has 0 saturated carbocycles. The molecular weight excluding hydrogens is 323 g/mol. The van der Waals surface area contributed by atoms with Crippen molar-refractivity contribution in [1.29, 1.82) is 0 Å². The minimum Gasteiger partial charge on any atom is -0.493 e. The van der Waals surface area contributed by atoms with Crippen LogP contribution in [0.25, 0.3) is 0 Å². The normalized spacial score (nSPS) is 10.8. The van der Waals surface area contributed by atoms with Gasteiger partial charge in [0.1, 0.15) is 5.75 Å². The fraction of sp³-hybridized carbons (Fsp3) is 0.182. The lowest BCUT2D eigenvalue weighted by Crippen LogP contribution is -2.10. The smallest absolute Gasteiger partial charge is 0.493 e. The zero-order valence-electron chi connectivity index (χ0n) is 8.74. The topological polar surface area (TPSA) is 44.8 Å². The summed E-state index contributed by atoms with van der Waals surface area (Å²) in [4.78, 5) is 10.8. The molecule has 16 heavy (non-hydrogen) atoms. The summed E-state index contributed by atoms with van der Waals surface area (Å²) in [5.74, 6) is 3.97. The summed E-state index contributed by atoms with van der Waals surface area (Å²) < 4.78 is 17.1. The van der Waals surface area contributed by atoms with Crippen LogP contribution in [0.3, 0.4) is 0 Å². The van der Waals surface area contributed by atoms with E-state index in [1.165, 1.54) is 7.11 Å². The predicted molar refractivity (Wildman–Crippen MR) is 67.1 cm³/mol. The molecule has 0 amide bonds. The van der Waals surface area contributed by atoms with Crippen molar-refractivity contribution in [2.24, 2.45) is 0 Å². The number of carbonyl (C=O) groups is 1. The summed E-state index contributed by atoms with van der Waals surface area (Å²) in [6.07, 6.45) is -0.728. The summed E-state index contributed by atoms with van der Waals surface area (Å²) in [6.45, 7) is 1.81. The van der Waals surface area contributed by atoms with Crippen LogP contribution in [0.4, 0.5) is 4.79 Å². The van der Waals surface area contributed by atoms with Gasteiger partial charge in [0, 0.05) is 28.7 Å². The summed E-state index contributed by atoms with van der Waals surface area (Å²) >= 11 is 1.99. The fourth-order valence-corrected chi connectivity index (χ4v) is 1.00.